The Morgan fingerprint density at radius 1 is 1.07 bits per heavy atom. The largest absolute Gasteiger partial charge is 0.497 e. The number of ether oxygens (including phenoxy) is 1. The number of nitrogens with zero attached hydrogens (tertiary/aromatic N) is 2. The van der Waals surface area contributed by atoms with Crippen LogP contribution in [0.3, 0.4) is 0 Å². The monoisotopic (exact) mass is 441 g/mol. The minimum absolute atomic E-state index is 0.183. The van der Waals surface area contributed by atoms with Gasteiger partial charge in [-0.2, -0.15) is 0 Å². The van der Waals surface area contributed by atoms with Crippen LogP contribution in [-0.2, 0) is 0 Å². The molecule has 1 heterocycles. The Bertz CT molecular complexity index is 934. The number of hydrogen-bond donors (Lipinski definition) is 1. The molecule has 0 atom stereocenters. The van der Waals surface area contributed by atoms with Crippen LogP contribution >= 0.6 is 23.3 Å². The molecule has 3 rings (SSSR count). The normalized spacial score (nSPS) is 10.9. The summed E-state index contributed by atoms with van der Waals surface area (Å²) < 4.78 is 7.53. The van der Waals surface area contributed by atoms with Crippen molar-refractivity contribution in [3.8, 4) is 17.0 Å². The van der Waals surface area contributed by atoms with Crippen LogP contribution in [0.2, 0.25) is 0 Å². The molecule has 0 fully saturated rings. The molecule has 1 amide bonds. The highest BCUT2D eigenvalue weighted by atomic mass is 32.2. The average Bonchev–Trinajstić information content (AvgIpc) is 3.23. The second-order valence-corrected chi connectivity index (χ2v) is 8.79. The van der Waals surface area contributed by atoms with Crippen LogP contribution in [0.15, 0.2) is 58.8 Å². The summed E-state index contributed by atoms with van der Waals surface area (Å²) in [5.74, 6) is 0.537. The smallest absolute Gasteiger partial charge is 0.257 e. The maximum Gasteiger partial charge on any atom is 0.257 e. The molecule has 0 saturated carbocycles. The summed E-state index contributed by atoms with van der Waals surface area (Å²) in [7, 11) is 1.60. The van der Waals surface area contributed by atoms with E-state index in [-0.39, 0.29) is 5.91 Å². The van der Waals surface area contributed by atoms with Crippen molar-refractivity contribution < 1.29 is 9.53 Å². The van der Waals surface area contributed by atoms with Crippen LogP contribution in [0.1, 0.15) is 37.0 Å². The molecule has 0 unspecified atom stereocenters. The van der Waals surface area contributed by atoms with Crippen LogP contribution in [0.4, 0.5) is 5.13 Å². The molecule has 0 saturated heterocycles. The summed E-state index contributed by atoms with van der Waals surface area (Å²) in [6, 6.07) is 15.4. The topological polar surface area (TPSA) is 54.5 Å². The van der Waals surface area contributed by atoms with E-state index < -0.39 is 0 Å². The van der Waals surface area contributed by atoms with Crippen LogP contribution in [-0.4, -0.2) is 35.4 Å². The van der Waals surface area contributed by atoms with Crippen LogP contribution in [0.5, 0.6) is 5.75 Å². The summed E-state index contributed by atoms with van der Waals surface area (Å²) >= 11 is 3.23. The molecule has 1 aromatic heterocycles. The minimum atomic E-state index is -0.183. The van der Waals surface area contributed by atoms with Gasteiger partial charge in [-0.1, -0.05) is 26.0 Å². The zero-order chi connectivity index (χ0) is 21.3. The fourth-order valence-electron chi connectivity index (χ4n) is 2.91. The molecule has 2 aromatic carbocycles. The first-order chi connectivity index (χ1) is 14.6. The number of aromatic nitrogens is 1. The first-order valence-corrected chi connectivity index (χ1v) is 11.7. The fourth-order valence-corrected chi connectivity index (χ4v) is 4.73. The number of hydrogen-bond acceptors (Lipinski definition) is 6. The highest BCUT2D eigenvalue weighted by Gasteiger charge is 2.11. The van der Waals surface area contributed by atoms with Gasteiger partial charge in [0, 0.05) is 34.5 Å². The van der Waals surface area contributed by atoms with Crippen LogP contribution in [0.25, 0.3) is 11.3 Å². The Balaban J connectivity index is 1.63. The van der Waals surface area contributed by atoms with Gasteiger partial charge < -0.3 is 4.74 Å². The molecule has 0 aliphatic rings. The van der Waals surface area contributed by atoms with Crippen molar-refractivity contribution in [1.29, 1.82) is 0 Å². The maximum absolute atomic E-state index is 12.4. The molecule has 5 nitrogen and oxygen atoms in total. The van der Waals surface area contributed by atoms with Gasteiger partial charge in [0.15, 0.2) is 5.13 Å². The third-order valence-electron chi connectivity index (χ3n) is 4.41. The van der Waals surface area contributed by atoms with Crippen molar-refractivity contribution >= 4 is 34.3 Å². The summed E-state index contributed by atoms with van der Waals surface area (Å²) in [5.41, 5.74) is 2.47. The Kier molecular flexibility index (Phi) is 8.30. The predicted octanol–water partition coefficient (Wildman–Crippen LogP) is 6.20. The van der Waals surface area contributed by atoms with Gasteiger partial charge in [-0.3, -0.25) is 10.1 Å². The lowest BCUT2D eigenvalue weighted by molar-refractivity contribution is 0.102. The Morgan fingerprint density at radius 2 is 1.73 bits per heavy atom. The molecule has 0 radical (unpaired) electrons. The first kappa shape index (κ1) is 22.3. The molecule has 7 heteroatoms. The zero-order valence-corrected chi connectivity index (χ0v) is 19.2. The average molecular weight is 442 g/mol. The molecular formula is C23H27N3O2S2. The number of amides is 1. The Hall–Kier alpha value is -2.35. The predicted molar refractivity (Wildman–Crippen MR) is 127 cm³/mol. The van der Waals surface area contributed by atoms with Crippen molar-refractivity contribution in [2.75, 3.05) is 25.5 Å². The van der Waals surface area contributed by atoms with Gasteiger partial charge in [-0.05, 0) is 61.2 Å². The van der Waals surface area contributed by atoms with Gasteiger partial charge >= 0.3 is 0 Å². The van der Waals surface area contributed by atoms with Gasteiger partial charge in [0.05, 0.1) is 12.8 Å². The third kappa shape index (κ3) is 6.08. The van der Waals surface area contributed by atoms with Gasteiger partial charge in [0.1, 0.15) is 5.75 Å². The van der Waals surface area contributed by atoms with E-state index in [0.717, 1.165) is 42.9 Å². The third-order valence-corrected chi connectivity index (χ3v) is 6.27. The van der Waals surface area contributed by atoms with Crippen molar-refractivity contribution in [2.24, 2.45) is 0 Å². The molecule has 0 aliphatic carbocycles. The lowest BCUT2D eigenvalue weighted by Crippen LogP contribution is -2.17. The second kappa shape index (κ2) is 11.2. The summed E-state index contributed by atoms with van der Waals surface area (Å²) in [5, 5.41) is 5.42. The SMILES string of the molecule is CCCN(CCC)Sc1ccc(-c2csc(NC(=O)c3ccc(OC)cc3)n2)cc1. The number of nitrogens with one attached hydrogen (secondary N) is 1. The van der Waals surface area contributed by atoms with E-state index >= 15 is 0 Å². The Morgan fingerprint density at radius 3 is 2.33 bits per heavy atom. The van der Waals surface area contributed by atoms with E-state index in [9.17, 15) is 4.79 Å². The van der Waals surface area contributed by atoms with E-state index in [1.807, 2.05) is 5.38 Å². The minimum Gasteiger partial charge on any atom is -0.497 e. The van der Waals surface area contributed by atoms with E-state index in [2.05, 4.69) is 52.7 Å². The second-order valence-electron chi connectivity index (χ2n) is 6.77. The fraction of sp³-hybridized carbons (Fsp3) is 0.304. The van der Waals surface area contributed by atoms with E-state index in [0.29, 0.717) is 10.7 Å². The summed E-state index contributed by atoms with van der Waals surface area (Å²) in [4.78, 5) is 18.2. The number of rotatable bonds is 10. The van der Waals surface area contributed by atoms with Crippen molar-refractivity contribution in [2.45, 2.75) is 31.6 Å². The number of thiazole rings is 1. The number of anilines is 1. The number of benzene rings is 2. The van der Waals surface area contributed by atoms with Gasteiger partial charge in [-0.25, -0.2) is 9.29 Å². The van der Waals surface area contributed by atoms with Crippen molar-refractivity contribution in [1.82, 2.24) is 9.29 Å². The van der Waals surface area contributed by atoms with E-state index in [4.69, 9.17) is 4.74 Å². The molecular weight excluding hydrogens is 414 g/mol. The van der Waals surface area contributed by atoms with Crippen LogP contribution < -0.4 is 10.1 Å². The summed E-state index contributed by atoms with van der Waals surface area (Å²) in [6.45, 7) is 6.59. The molecule has 0 aliphatic heterocycles. The van der Waals surface area contributed by atoms with Crippen molar-refractivity contribution in [3.05, 3.63) is 59.5 Å². The van der Waals surface area contributed by atoms with E-state index in [1.165, 1.54) is 16.2 Å². The molecule has 30 heavy (non-hydrogen) atoms. The number of methoxy groups -OCH3 is 1. The maximum atomic E-state index is 12.4. The van der Waals surface area contributed by atoms with Gasteiger partial charge in [0.25, 0.3) is 5.91 Å². The molecule has 3 aromatic rings. The highest BCUT2D eigenvalue weighted by molar-refractivity contribution is 7.97. The lowest BCUT2D eigenvalue weighted by atomic mass is 10.2. The Labute approximate surface area is 186 Å². The highest BCUT2D eigenvalue weighted by Crippen LogP contribution is 2.29. The standard InChI is InChI=1S/C23H27N3O2S2/c1-4-14-26(15-5-2)30-20-12-8-17(9-13-20)21-16-29-23(24-21)25-22(27)18-6-10-19(28-3)11-7-18/h6-13,16H,4-5,14-15H2,1-3H3,(H,24,25,27). The van der Waals surface area contributed by atoms with Gasteiger partial charge in [-0.15, -0.1) is 11.3 Å². The summed E-state index contributed by atoms with van der Waals surface area (Å²) in [6.07, 6.45) is 2.30. The lowest BCUT2D eigenvalue weighted by Gasteiger charge is -2.19. The van der Waals surface area contributed by atoms with E-state index in [1.54, 1.807) is 43.3 Å². The zero-order valence-electron chi connectivity index (χ0n) is 17.6. The van der Waals surface area contributed by atoms with Crippen molar-refractivity contribution in [3.63, 3.8) is 0 Å². The molecule has 0 bridgehead atoms. The number of carbonyl (C=O) groups excluding carboxylic acids is 1. The first-order valence-electron chi connectivity index (χ1n) is 10.1. The molecule has 0 spiro atoms. The van der Waals surface area contributed by atoms with Gasteiger partial charge in [0.2, 0.25) is 0 Å². The molecule has 158 valence electrons. The number of carbonyl (C=O) groups is 1. The quantitative estimate of drug-likeness (QED) is 0.380. The molecule has 1 N–H and O–H groups in total. The van der Waals surface area contributed by atoms with Crippen LogP contribution in [0, 0.1) is 0 Å².